The van der Waals surface area contributed by atoms with E-state index in [0.29, 0.717) is 39.2 Å². The highest BCUT2D eigenvalue weighted by atomic mass is 32.1. The van der Waals surface area contributed by atoms with Crippen molar-refractivity contribution in [1.82, 2.24) is 9.88 Å². The topological polar surface area (TPSA) is 113 Å². The Morgan fingerprint density at radius 1 is 1.17 bits per heavy atom. The molecule has 0 aliphatic carbocycles. The Morgan fingerprint density at radius 3 is 2.40 bits per heavy atom. The lowest BCUT2D eigenvalue weighted by molar-refractivity contribution is 0.100. The summed E-state index contributed by atoms with van der Waals surface area (Å²) in [6, 6.07) is 3.79. The molecule has 0 saturated carbocycles. The molecule has 3 aromatic rings. The zero-order valence-corrected chi connectivity index (χ0v) is 18.2. The van der Waals surface area contributed by atoms with Crippen LogP contribution in [-0.2, 0) is 13.0 Å². The van der Waals surface area contributed by atoms with Crippen LogP contribution < -0.4 is 25.7 Å². The maximum absolute atomic E-state index is 12.0. The number of hydrogen-bond acceptors (Lipinski definition) is 8. The number of carbonyl (C=O) groups is 1. The van der Waals surface area contributed by atoms with Gasteiger partial charge in [0.15, 0.2) is 11.5 Å². The number of methoxy groups -OCH3 is 3. The van der Waals surface area contributed by atoms with Crippen LogP contribution in [0.3, 0.4) is 0 Å². The van der Waals surface area contributed by atoms with Crippen molar-refractivity contribution in [3.8, 4) is 28.4 Å². The standard InChI is InChI=1S/C21H24N4O4S/c1-25-6-5-12-11(9-25)15(16-17(22)19(20(23)26)30-21(16)24-12)10-7-13(27-2)18(29-4)14(8-10)28-3/h7-8H,5-6,9,22H2,1-4H3,(H2,23,26). The first-order valence-electron chi connectivity index (χ1n) is 9.42. The number of hydrogen-bond donors (Lipinski definition) is 2. The lowest BCUT2D eigenvalue weighted by atomic mass is 9.91. The van der Waals surface area contributed by atoms with Crippen molar-refractivity contribution in [1.29, 1.82) is 0 Å². The predicted molar refractivity (Wildman–Crippen MR) is 118 cm³/mol. The van der Waals surface area contributed by atoms with Crippen molar-refractivity contribution in [3.63, 3.8) is 0 Å². The molecule has 30 heavy (non-hydrogen) atoms. The summed E-state index contributed by atoms with van der Waals surface area (Å²) in [5, 5.41) is 0.733. The first-order valence-corrected chi connectivity index (χ1v) is 10.2. The van der Waals surface area contributed by atoms with E-state index in [9.17, 15) is 4.79 Å². The fourth-order valence-corrected chi connectivity index (χ4v) is 4.96. The molecule has 2 aromatic heterocycles. The highest BCUT2D eigenvalue weighted by Gasteiger charge is 2.27. The van der Waals surface area contributed by atoms with E-state index in [1.165, 1.54) is 11.3 Å². The van der Waals surface area contributed by atoms with Crippen LogP contribution in [0, 0.1) is 0 Å². The number of ether oxygens (including phenoxy) is 3. The first kappa shape index (κ1) is 20.2. The highest BCUT2D eigenvalue weighted by Crippen LogP contribution is 2.47. The maximum Gasteiger partial charge on any atom is 0.260 e. The SMILES string of the molecule is COc1cc(-c2c3c(nc4sc(C(N)=O)c(N)c24)CCN(C)C3)cc(OC)c1OC. The van der Waals surface area contributed by atoms with Crippen LogP contribution in [0.15, 0.2) is 12.1 Å². The number of primary amides is 1. The third-order valence-corrected chi connectivity index (χ3v) is 6.51. The molecule has 1 aromatic carbocycles. The summed E-state index contributed by atoms with van der Waals surface area (Å²) < 4.78 is 16.6. The predicted octanol–water partition coefficient (Wildman–Crippen LogP) is 2.66. The zero-order valence-electron chi connectivity index (χ0n) is 17.4. The smallest absolute Gasteiger partial charge is 0.260 e. The number of pyridine rings is 1. The van der Waals surface area contributed by atoms with Crippen LogP contribution in [0.25, 0.3) is 21.3 Å². The summed E-state index contributed by atoms with van der Waals surface area (Å²) in [7, 11) is 6.79. The van der Waals surface area contributed by atoms with Gasteiger partial charge in [0.05, 0.1) is 27.0 Å². The van der Waals surface area contributed by atoms with Crippen LogP contribution in [0.2, 0.25) is 0 Å². The van der Waals surface area contributed by atoms with Crippen molar-refractivity contribution in [2.45, 2.75) is 13.0 Å². The minimum Gasteiger partial charge on any atom is -0.493 e. The zero-order chi connectivity index (χ0) is 21.6. The summed E-state index contributed by atoms with van der Waals surface area (Å²) in [5.41, 5.74) is 16.2. The van der Waals surface area contributed by atoms with E-state index in [0.717, 1.165) is 40.7 Å². The number of rotatable bonds is 5. The van der Waals surface area contributed by atoms with Gasteiger partial charge in [-0.25, -0.2) is 4.98 Å². The summed E-state index contributed by atoms with van der Waals surface area (Å²) >= 11 is 1.23. The number of thiophene rings is 1. The van der Waals surface area contributed by atoms with Crippen molar-refractivity contribution in [3.05, 3.63) is 28.3 Å². The number of carbonyl (C=O) groups excluding carboxylic acids is 1. The quantitative estimate of drug-likeness (QED) is 0.642. The van der Waals surface area contributed by atoms with Crippen LogP contribution in [0.4, 0.5) is 5.69 Å². The molecule has 0 bridgehead atoms. The molecule has 0 fully saturated rings. The van der Waals surface area contributed by atoms with Gasteiger partial charge >= 0.3 is 0 Å². The molecule has 0 atom stereocenters. The Kier molecular flexibility index (Phi) is 5.17. The van der Waals surface area contributed by atoms with Crippen molar-refractivity contribution >= 4 is 33.1 Å². The Morgan fingerprint density at radius 2 is 1.83 bits per heavy atom. The molecule has 3 heterocycles. The molecular formula is C21H24N4O4S. The van der Waals surface area contributed by atoms with E-state index < -0.39 is 5.91 Å². The monoisotopic (exact) mass is 428 g/mol. The molecular weight excluding hydrogens is 404 g/mol. The van der Waals surface area contributed by atoms with E-state index in [1.807, 2.05) is 12.1 Å². The number of amides is 1. The lowest BCUT2D eigenvalue weighted by Crippen LogP contribution is -2.28. The molecule has 0 unspecified atom stereocenters. The van der Waals surface area contributed by atoms with Gasteiger partial charge in [0.2, 0.25) is 5.75 Å². The minimum absolute atomic E-state index is 0.321. The first-order chi connectivity index (χ1) is 14.4. The largest absolute Gasteiger partial charge is 0.493 e. The Labute approximate surface area is 178 Å². The minimum atomic E-state index is -0.554. The number of likely N-dealkylation sites (N-methyl/N-ethyl adjacent to an activating group) is 1. The Bertz CT molecular complexity index is 1130. The summed E-state index contributed by atoms with van der Waals surface area (Å²) in [4.78, 5) is 20.0. The van der Waals surface area contributed by atoms with Crippen molar-refractivity contribution in [2.24, 2.45) is 5.73 Å². The average molecular weight is 429 g/mol. The second-order valence-corrected chi connectivity index (χ2v) is 8.20. The number of benzene rings is 1. The molecule has 0 radical (unpaired) electrons. The highest BCUT2D eigenvalue weighted by molar-refractivity contribution is 7.21. The van der Waals surface area contributed by atoms with E-state index in [-0.39, 0.29) is 0 Å². The van der Waals surface area contributed by atoms with Crippen LogP contribution >= 0.6 is 11.3 Å². The lowest BCUT2D eigenvalue weighted by Gasteiger charge is -2.27. The number of anilines is 1. The van der Waals surface area contributed by atoms with Crippen molar-refractivity contribution in [2.75, 3.05) is 40.7 Å². The number of nitrogen functional groups attached to an aromatic ring is 1. The third-order valence-electron chi connectivity index (χ3n) is 5.40. The number of nitrogens with zero attached hydrogens (tertiary/aromatic N) is 2. The van der Waals surface area contributed by atoms with Crippen LogP contribution in [-0.4, -0.2) is 50.7 Å². The van der Waals surface area contributed by atoms with Gasteiger partial charge in [-0.15, -0.1) is 11.3 Å². The van der Waals surface area contributed by atoms with E-state index in [4.69, 9.17) is 30.7 Å². The normalized spacial score (nSPS) is 13.9. The van der Waals surface area contributed by atoms with E-state index >= 15 is 0 Å². The number of aromatic nitrogens is 1. The summed E-state index contributed by atoms with van der Waals surface area (Å²) in [6.07, 6.45) is 0.808. The molecule has 9 heteroatoms. The van der Waals surface area contributed by atoms with Crippen LogP contribution in [0.5, 0.6) is 17.2 Å². The summed E-state index contributed by atoms with van der Waals surface area (Å²) in [6.45, 7) is 1.62. The third kappa shape index (κ3) is 3.10. The molecule has 1 aliphatic heterocycles. The Hall–Kier alpha value is -3.04. The maximum atomic E-state index is 12.0. The molecule has 4 rings (SSSR count). The van der Waals surface area contributed by atoms with Gasteiger partial charge in [-0.3, -0.25) is 4.79 Å². The molecule has 4 N–H and O–H groups in total. The van der Waals surface area contributed by atoms with Gasteiger partial charge in [-0.1, -0.05) is 0 Å². The summed E-state index contributed by atoms with van der Waals surface area (Å²) in [5.74, 6) is 1.04. The second kappa shape index (κ2) is 7.66. The van der Waals surface area contributed by atoms with E-state index in [2.05, 4.69) is 11.9 Å². The molecule has 1 amide bonds. The number of nitrogens with two attached hydrogens (primary N) is 2. The second-order valence-electron chi connectivity index (χ2n) is 7.20. The fraction of sp³-hybridized carbons (Fsp3) is 0.333. The number of fused-ring (bicyclic) bond motifs is 2. The molecule has 0 saturated heterocycles. The van der Waals surface area contributed by atoms with Gasteiger partial charge in [-0.2, -0.15) is 0 Å². The Balaban J connectivity index is 2.11. The molecule has 1 aliphatic rings. The van der Waals surface area contributed by atoms with Crippen molar-refractivity contribution < 1.29 is 19.0 Å². The van der Waals surface area contributed by atoms with Gasteiger partial charge < -0.3 is 30.6 Å². The molecule has 8 nitrogen and oxygen atoms in total. The molecule has 0 spiro atoms. The van der Waals surface area contributed by atoms with Gasteiger partial charge in [0, 0.05) is 36.2 Å². The van der Waals surface area contributed by atoms with Gasteiger partial charge in [0.25, 0.3) is 5.91 Å². The van der Waals surface area contributed by atoms with Gasteiger partial charge in [-0.05, 0) is 30.3 Å². The fourth-order valence-electron chi connectivity index (χ4n) is 3.99. The van der Waals surface area contributed by atoms with Crippen LogP contribution in [0.1, 0.15) is 20.9 Å². The molecule has 158 valence electrons. The van der Waals surface area contributed by atoms with Gasteiger partial charge in [0.1, 0.15) is 9.71 Å². The average Bonchev–Trinajstić information content (AvgIpc) is 3.07. The van der Waals surface area contributed by atoms with E-state index in [1.54, 1.807) is 21.3 Å².